The minimum absolute atomic E-state index is 0.0413. The van der Waals surface area contributed by atoms with Gasteiger partial charge in [-0.3, -0.25) is 4.40 Å². The maximum Gasteiger partial charge on any atom is 0.140 e. The zero-order chi connectivity index (χ0) is 21.4. The molecule has 0 radical (unpaired) electrons. The number of piperidine rings is 1. The van der Waals surface area contributed by atoms with Crippen molar-refractivity contribution in [2.24, 2.45) is 5.73 Å². The average molecular weight is 421 g/mol. The number of ether oxygens (including phenoxy) is 1. The number of halogens is 1. The molecule has 3 N–H and O–H groups in total. The van der Waals surface area contributed by atoms with Crippen LogP contribution in [0.3, 0.4) is 0 Å². The Hall–Kier alpha value is -3.23. The van der Waals surface area contributed by atoms with Crippen molar-refractivity contribution in [1.82, 2.24) is 14.4 Å². The minimum Gasteiger partial charge on any atom is -0.491 e. The van der Waals surface area contributed by atoms with Crippen LogP contribution in [0.1, 0.15) is 6.42 Å². The van der Waals surface area contributed by atoms with Crippen LogP contribution in [0.25, 0.3) is 27.9 Å². The molecular formula is C23H24FN5O2. The maximum absolute atomic E-state index is 14.3. The van der Waals surface area contributed by atoms with Gasteiger partial charge in [-0.05, 0) is 24.6 Å². The number of para-hydroxylation sites is 1. The van der Waals surface area contributed by atoms with E-state index in [1.807, 2.05) is 58.0 Å². The van der Waals surface area contributed by atoms with Crippen LogP contribution >= 0.6 is 0 Å². The highest BCUT2D eigenvalue weighted by Gasteiger charge is 2.27. The Bertz CT molecular complexity index is 1230. The monoisotopic (exact) mass is 421 g/mol. The highest BCUT2D eigenvalue weighted by Crippen LogP contribution is 2.31. The number of aliphatic hydroxyl groups excluding tert-OH is 1. The van der Waals surface area contributed by atoms with E-state index in [0.717, 1.165) is 33.6 Å². The third-order valence-electron chi connectivity index (χ3n) is 5.74. The fourth-order valence-corrected chi connectivity index (χ4v) is 4.08. The van der Waals surface area contributed by atoms with E-state index >= 15 is 0 Å². The number of fused-ring (bicyclic) bond motifs is 2. The Kier molecular flexibility index (Phi) is 5.17. The number of pyridine rings is 2. The molecule has 4 aromatic rings. The molecule has 4 heterocycles. The summed E-state index contributed by atoms with van der Waals surface area (Å²) >= 11 is 0. The number of aromatic nitrogens is 3. The van der Waals surface area contributed by atoms with E-state index in [9.17, 15) is 4.39 Å². The van der Waals surface area contributed by atoms with E-state index in [2.05, 4.69) is 4.98 Å². The zero-order valence-corrected chi connectivity index (χ0v) is 17.0. The molecule has 3 aromatic heterocycles. The fourth-order valence-electron chi connectivity index (χ4n) is 4.08. The maximum atomic E-state index is 14.3. The second-order valence-corrected chi connectivity index (χ2v) is 7.77. The van der Waals surface area contributed by atoms with Gasteiger partial charge in [-0.25, -0.2) is 14.4 Å². The molecule has 31 heavy (non-hydrogen) atoms. The average Bonchev–Trinajstić information content (AvgIpc) is 3.22. The van der Waals surface area contributed by atoms with Crippen LogP contribution < -0.4 is 15.4 Å². The van der Waals surface area contributed by atoms with E-state index in [1.54, 1.807) is 6.20 Å². The summed E-state index contributed by atoms with van der Waals surface area (Å²) in [5.74, 6) is 0.650. The van der Waals surface area contributed by atoms with Gasteiger partial charge in [0.1, 0.15) is 24.2 Å². The summed E-state index contributed by atoms with van der Waals surface area (Å²) in [6.07, 6.45) is 3.22. The van der Waals surface area contributed by atoms with Crippen molar-refractivity contribution in [1.29, 1.82) is 0 Å². The first-order valence-corrected chi connectivity index (χ1v) is 10.4. The van der Waals surface area contributed by atoms with Crippen LogP contribution in [0.15, 0.2) is 54.9 Å². The Morgan fingerprint density at radius 3 is 2.97 bits per heavy atom. The van der Waals surface area contributed by atoms with Gasteiger partial charge in [0, 0.05) is 30.2 Å². The number of rotatable bonds is 5. The number of alkyl halides is 1. The summed E-state index contributed by atoms with van der Waals surface area (Å²) < 4.78 is 21.7. The summed E-state index contributed by atoms with van der Waals surface area (Å²) in [6.45, 7) is 1.18. The highest BCUT2D eigenvalue weighted by molar-refractivity contribution is 5.92. The number of nitrogens with two attached hydrogens (primary N) is 1. The standard InChI is InChI=1S/C23H24FN5O2/c24-17-14-28(8-7-18(17)25)20-3-1-2-15-4-5-19(27-23(15)20)21-13-26-22-12-16(31-11-10-30)6-9-29(21)22/h1-6,9,12-13,17-18,30H,7-8,10-11,14,25H2/t17-,18+/m0/s1. The lowest BCUT2D eigenvalue weighted by Crippen LogP contribution is -2.48. The molecule has 2 atom stereocenters. The third-order valence-corrected chi connectivity index (χ3v) is 5.74. The smallest absolute Gasteiger partial charge is 0.140 e. The van der Waals surface area contributed by atoms with Crippen LogP contribution in [0.4, 0.5) is 10.1 Å². The van der Waals surface area contributed by atoms with E-state index in [0.29, 0.717) is 18.7 Å². The van der Waals surface area contributed by atoms with Gasteiger partial charge in [0.25, 0.3) is 0 Å². The lowest BCUT2D eigenvalue weighted by Gasteiger charge is -2.34. The van der Waals surface area contributed by atoms with Crippen molar-refractivity contribution in [3.63, 3.8) is 0 Å². The second-order valence-electron chi connectivity index (χ2n) is 7.77. The van der Waals surface area contributed by atoms with Gasteiger partial charge >= 0.3 is 0 Å². The Labute approximate surface area is 178 Å². The number of benzene rings is 1. The number of nitrogens with zero attached hydrogens (tertiary/aromatic N) is 4. The van der Waals surface area contributed by atoms with Crippen LogP contribution in [-0.4, -0.2) is 58.0 Å². The Morgan fingerprint density at radius 2 is 2.13 bits per heavy atom. The molecule has 7 nitrogen and oxygen atoms in total. The summed E-state index contributed by atoms with van der Waals surface area (Å²) in [5.41, 5.74) is 9.97. The van der Waals surface area contributed by atoms with Gasteiger partial charge in [-0.15, -0.1) is 0 Å². The molecule has 8 heteroatoms. The first-order chi connectivity index (χ1) is 15.1. The molecule has 1 fully saturated rings. The normalized spacial score (nSPS) is 19.3. The van der Waals surface area contributed by atoms with Gasteiger partial charge < -0.3 is 20.5 Å². The molecular weight excluding hydrogens is 397 g/mol. The van der Waals surface area contributed by atoms with Crippen LogP contribution in [-0.2, 0) is 0 Å². The van der Waals surface area contributed by atoms with Gasteiger partial charge in [0.05, 0.1) is 41.9 Å². The summed E-state index contributed by atoms with van der Waals surface area (Å²) in [6, 6.07) is 13.2. The van der Waals surface area contributed by atoms with Crippen molar-refractivity contribution in [2.45, 2.75) is 18.6 Å². The minimum atomic E-state index is -1.05. The van der Waals surface area contributed by atoms with E-state index < -0.39 is 12.2 Å². The number of anilines is 1. The molecule has 0 aliphatic carbocycles. The number of aliphatic hydroxyl groups is 1. The Balaban J connectivity index is 1.54. The van der Waals surface area contributed by atoms with Crippen LogP contribution in [0, 0.1) is 0 Å². The van der Waals surface area contributed by atoms with Crippen molar-refractivity contribution in [2.75, 3.05) is 31.2 Å². The second kappa shape index (κ2) is 8.13. The molecule has 5 rings (SSSR count). The van der Waals surface area contributed by atoms with E-state index in [-0.39, 0.29) is 19.8 Å². The molecule has 0 saturated carbocycles. The van der Waals surface area contributed by atoms with Crippen molar-refractivity contribution < 1.29 is 14.2 Å². The predicted octanol–water partition coefficient (Wildman–Crippen LogP) is 2.80. The first-order valence-electron chi connectivity index (χ1n) is 10.4. The van der Waals surface area contributed by atoms with Crippen molar-refractivity contribution in [3.05, 3.63) is 54.9 Å². The molecule has 1 aliphatic heterocycles. The fraction of sp³-hybridized carbons (Fsp3) is 0.304. The quantitative estimate of drug-likeness (QED) is 0.515. The van der Waals surface area contributed by atoms with Gasteiger partial charge in [0.2, 0.25) is 0 Å². The highest BCUT2D eigenvalue weighted by atomic mass is 19.1. The molecule has 0 bridgehead atoms. The van der Waals surface area contributed by atoms with Crippen LogP contribution in [0.2, 0.25) is 0 Å². The van der Waals surface area contributed by atoms with Gasteiger partial charge in [-0.2, -0.15) is 0 Å². The Morgan fingerprint density at radius 1 is 1.23 bits per heavy atom. The third kappa shape index (κ3) is 3.68. The number of imidazole rings is 1. The molecule has 0 spiro atoms. The molecule has 0 unspecified atom stereocenters. The predicted molar refractivity (Wildman–Crippen MR) is 118 cm³/mol. The molecule has 1 aromatic carbocycles. The first kappa shape index (κ1) is 19.7. The summed E-state index contributed by atoms with van der Waals surface area (Å²) in [4.78, 5) is 11.5. The molecule has 1 aliphatic rings. The molecule has 1 saturated heterocycles. The number of hydrogen-bond acceptors (Lipinski definition) is 6. The van der Waals surface area contributed by atoms with E-state index in [4.69, 9.17) is 20.6 Å². The van der Waals surface area contributed by atoms with E-state index in [1.165, 1.54) is 0 Å². The largest absolute Gasteiger partial charge is 0.491 e. The van der Waals surface area contributed by atoms with Gasteiger partial charge in [0.15, 0.2) is 0 Å². The topological polar surface area (TPSA) is 88.9 Å². The van der Waals surface area contributed by atoms with Crippen molar-refractivity contribution in [3.8, 4) is 17.1 Å². The number of hydrogen-bond donors (Lipinski definition) is 2. The van der Waals surface area contributed by atoms with Gasteiger partial charge in [-0.1, -0.05) is 18.2 Å². The lowest BCUT2D eigenvalue weighted by atomic mass is 10.0. The lowest BCUT2D eigenvalue weighted by molar-refractivity contribution is 0.201. The van der Waals surface area contributed by atoms with Crippen molar-refractivity contribution >= 4 is 22.2 Å². The van der Waals surface area contributed by atoms with Crippen LogP contribution in [0.5, 0.6) is 5.75 Å². The summed E-state index contributed by atoms with van der Waals surface area (Å²) in [5, 5.41) is 9.94. The molecule has 0 amide bonds. The SMILES string of the molecule is N[C@@H]1CCN(c2cccc3ccc(-c4cnc5cc(OCCO)ccn45)nc23)C[C@@H]1F. The summed E-state index contributed by atoms with van der Waals surface area (Å²) in [7, 11) is 0. The molecule has 160 valence electrons. The zero-order valence-electron chi connectivity index (χ0n) is 17.0.